The number of rotatable bonds is 5. The highest BCUT2D eigenvalue weighted by atomic mass is 32.1. The monoisotopic (exact) mass is 298 g/mol. The van der Waals surface area contributed by atoms with E-state index in [1.807, 2.05) is 18.9 Å². The third kappa shape index (κ3) is 3.04. The standard InChI is InChI=1S/C13H22N4O2S/c1-4-16(2)13-15-11(14)10(20-13)12(19)17(3)7-8-5-9(18)6-8/h8-9,18H,4-7,14H2,1-3H3. The molecule has 0 bridgehead atoms. The molecule has 0 radical (unpaired) electrons. The molecule has 3 N–H and O–H groups in total. The van der Waals surface area contributed by atoms with E-state index in [4.69, 9.17) is 5.73 Å². The summed E-state index contributed by atoms with van der Waals surface area (Å²) in [5.74, 6) is 0.610. The molecule has 2 rings (SSSR count). The molecular formula is C13H22N4O2S. The highest BCUT2D eigenvalue weighted by Gasteiger charge is 2.30. The van der Waals surface area contributed by atoms with Gasteiger partial charge in [-0.25, -0.2) is 4.98 Å². The van der Waals surface area contributed by atoms with Crippen LogP contribution >= 0.6 is 11.3 Å². The van der Waals surface area contributed by atoms with Gasteiger partial charge in [-0.2, -0.15) is 0 Å². The maximum absolute atomic E-state index is 12.4. The molecule has 0 atom stereocenters. The Kier molecular flexibility index (Phi) is 4.49. The summed E-state index contributed by atoms with van der Waals surface area (Å²) in [4.78, 5) is 20.8. The average molecular weight is 298 g/mol. The van der Waals surface area contributed by atoms with Crippen molar-refractivity contribution in [3.05, 3.63) is 4.88 Å². The SMILES string of the molecule is CCN(C)c1nc(N)c(C(=O)N(C)CC2CC(O)C2)s1. The molecular weight excluding hydrogens is 276 g/mol. The molecule has 6 nitrogen and oxygen atoms in total. The molecule has 112 valence electrons. The molecule has 1 fully saturated rings. The molecule has 20 heavy (non-hydrogen) atoms. The Hall–Kier alpha value is -1.34. The summed E-state index contributed by atoms with van der Waals surface area (Å²) in [6.07, 6.45) is 1.36. The first-order chi connectivity index (χ1) is 9.42. The smallest absolute Gasteiger partial charge is 0.267 e. The molecule has 1 aliphatic carbocycles. The van der Waals surface area contributed by atoms with Crippen molar-refractivity contribution in [2.24, 2.45) is 5.92 Å². The van der Waals surface area contributed by atoms with Crippen molar-refractivity contribution in [1.82, 2.24) is 9.88 Å². The third-order valence-electron chi connectivity index (χ3n) is 3.73. The molecule has 1 heterocycles. The summed E-state index contributed by atoms with van der Waals surface area (Å²) in [5.41, 5.74) is 5.86. The Morgan fingerprint density at radius 3 is 2.70 bits per heavy atom. The zero-order valence-corrected chi connectivity index (χ0v) is 13.0. The fourth-order valence-corrected chi connectivity index (χ4v) is 3.27. The van der Waals surface area contributed by atoms with E-state index in [1.165, 1.54) is 11.3 Å². The van der Waals surface area contributed by atoms with E-state index in [0.29, 0.717) is 23.2 Å². The van der Waals surface area contributed by atoms with Crippen LogP contribution in [0.3, 0.4) is 0 Å². The Balaban J connectivity index is 2.02. The maximum atomic E-state index is 12.4. The number of thiazole rings is 1. The average Bonchev–Trinajstić information content (AvgIpc) is 2.77. The van der Waals surface area contributed by atoms with Crippen molar-refractivity contribution in [1.29, 1.82) is 0 Å². The minimum absolute atomic E-state index is 0.0860. The van der Waals surface area contributed by atoms with Crippen molar-refractivity contribution in [2.45, 2.75) is 25.9 Å². The van der Waals surface area contributed by atoms with Crippen LogP contribution in [0.4, 0.5) is 10.9 Å². The molecule has 1 amide bonds. The lowest BCUT2D eigenvalue weighted by atomic mass is 9.82. The number of amides is 1. The van der Waals surface area contributed by atoms with Crippen molar-refractivity contribution < 1.29 is 9.90 Å². The van der Waals surface area contributed by atoms with Gasteiger partial charge in [-0.15, -0.1) is 0 Å². The van der Waals surface area contributed by atoms with E-state index in [9.17, 15) is 9.90 Å². The second kappa shape index (κ2) is 5.97. The zero-order chi connectivity index (χ0) is 14.9. The molecule has 0 spiro atoms. The van der Waals surface area contributed by atoms with Gasteiger partial charge >= 0.3 is 0 Å². The summed E-state index contributed by atoms with van der Waals surface area (Å²) in [6.45, 7) is 3.50. The number of anilines is 2. The Morgan fingerprint density at radius 1 is 1.50 bits per heavy atom. The van der Waals surface area contributed by atoms with Gasteiger partial charge in [0.05, 0.1) is 6.10 Å². The van der Waals surface area contributed by atoms with Gasteiger partial charge in [0.1, 0.15) is 10.7 Å². The van der Waals surface area contributed by atoms with Crippen LogP contribution in [-0.4, -0.2) is 54.2 Å². The van der Waals surface area contributed by atoms with Gasteiger partial charge in [0.25, 0.3) is 5.91 Å². The predicted molar refractivity (Wildman–Crippen MR) is 81.2 cm³/mol. The van der Waals surface area contributed by atoms with Crippen LogP contribution in [0, 0.1) is 5.92 Å². The molecule has 0 aromatic carbocycles. The van der Waals surface area contributed by atoms with Crippen LogP contribution in [0.25, 0.3) is 0 Å². The summed E-state index contributed by atoms with van der Waals surface area (Å²) in [7, 11) is 3.70. The number of hydrogen-bond donors (Lipinski definition) is 2. The van der Waals surface area contributed by atoms with E-state index in [0.717, 1.165) is 24.5 Å². The van der Waals surface area contributed by atoms with Crippen LogP contribution in [0.2, 0.25) is 0 Å². The number of carbonyl (C=O) groups excluding carboxylic acids is 1. The number of nitrogens with two attached hydrogens (primary N) is 1. The van der Waals surface area contributed by atoms with E-state index in [-0.39, 0.29) is 12.0 Å². The minimum atomic E-state index is -0.193. The molecule has 1 aromatic rings. The van der Waals surface area contributed by atoms with Crippen LogP contribution in [0.5, 0.6) is 0 Å². The first kappa shape index (κ1) is 15.1. The van der Waals surface area contributed by atoms with Crippen LogP contribution in [0.1, 0.15) is 29.4 Å². The molecule has 1 saturated carbocycles. The maximum Gasteiger partial charge on any atom is 0.267 e. The number of hydrogen-bond acceptors (Lipinski definition) is 6. The minimum Gasteiger partial charge on any atom is -0.393 e. The quantitative estimate of drug-likeness (QED) is 0.848. The van der Waals surface area contributed by atoms with Gasteiger partial charge in [0.15, 0.2) is 5.13 Å². The lowest BCUT2D eigenvalue weighted by molar-refractivity contribution is 0.0266. The molecule has 1 aromatic heterocycles. The van der Waals surface area contributed by atoms with E-state index >= 15 is 0 Å². The number of aliphatic hydroxyl groups excluding tert-OH is 1. The Labute approximate surface area is 123 Å². The summed E-state index contributed by atoms with van der Waals surface area (Å²) in [6, 6.07) is 0. The van der Waals surface area contributed by atoms with Gasteiger partial charge in [0.2, 0.25) is 0 Å². The van der Waals surface area contributed by atoms with Crippen LogP contribution in [-0.2, 0) is 0 Å². The van der Waals surface area contributed by atoms with Crippen molar-refractivity contribution >= 4 is 28.2 Å². The summed E-state index contributed by atoms with van der Waals surface area (Å²) < 4.78 is 0. The topological polar surface area (TPSA) is 82.7 Å². The van der Waals surface area contributed by atoms with Gasteiger partial charge in [-0.05, 0) is 25.7 Å². The largest absolute Gasteiger partial charge is 0.393 e. The van der Waals surface area contributed by atoms with Crippen molar-refractivity contribution in [3.8, 4) is 0 Å². The fourth-order valence-electron chi connectivity index (χ4n) is 2.27. The molecule has 0 aliphatic heterocycles. The van der Waals surface area contributed by atoms with Gasteiger partial charge in [-0.3, -0.25) is 4.79 Å². The second-order valence-electron chi connectivity index (χ2n) is 5.40. The Morgan fingerprint density at radius 2 is 2.15 bits per heavy atom. The zero-order valence-electron chi connectivity index (χ0n) is 12.2. The number of nitrogen functional groups attached to an aromatic ring is 1. The summed E-state index contributed by atoms with van der Waals surface area (Å²) in [5, 5.41) is 10.1. The first-order valence-corrected chi connectivity index (χ1v) is 7.65. The highest BCUT2D eigenvalue weighted by Crippen LogP contribution is 2.31. The number of aliphatic hydroxyl groups is 1. The lowest BCUT2D eigenvalue weighted by Gasteiger charge is -2.34. The normalized spacial score (nSPS) is 21.4. The number of aromatic nitrogens is 1. The third-order valence-corrected chi connectivity index (χ3v) is 4.90. The first-order valence-electron chi connectivity index (χ1n) is 6.83. The second-order valence-corrected chi connectivity index (χ2v) is 6.38. The lowest BCUT2D eigenvalue weighted by Crippen LogP contribution is -2.39. The molecule has 0 saturated heterocycles. The van der Waals surface area contributed by atoms with E-state index in [1.54, 1.807) is 11.9 Å². The van der Waals surface area contributed by atoms with E-state index < -0.39 is 0 Å². The number of nitrogens with zero attached hydrogens (tertiary/aromatic N) is 3. The Bertz CT molecular complexity index is 485. The fraction of sp³-hybridized carbons (Fsp3) is 0.692. The van der Waals surface area contributed by atoms with E-state index in [2.05, 4.69) is 4.98 Å². The van der Waals surface area contributed by atoms with Crippen molar-refractivity contribution in [2.75, 3.05) is 37.8 Å². The van der Waals surface area contributed by atoms with Crippen molar-refractivity contribution in [3.63, 3.8) is 0 Å². The predicted octanol–water partition coefficient (Wildman–Crippen LogP) is 1.02. The molecule has 7 heteroatoms. The number of carbonyl (C=O) groups is 1. The molecule has 1 aliphatic rings. The van der Waals surface area contributed by atoms with Gasteiger partial charge in [-0.1, -0.05) is 11.3 Å². The van der Waals surface area contributed by atoms with Crippen LogP contribution in [0.15, 0.2) is 0 Å². The van der Waals surface area contributed by atoms with Gasteiger partial charge < -0.3 is 20.6 Å². The van der Waals surface area contributed by atoms with Crippen LogP contribution < -0.4 is 10.6 Å². The summed E-state index contributed by atoms with van der Waals surface area (Å²) >= 11 is 1.33. The molecule has 0 unspecified atom stereocenters. The highest BCUT2D eigenvalue weighted by molar-refractivity contribution is 7.18. The van der Waals surface area contributed by atoms with Gasteiger partial charge in [0, 0.05) is 27.2 Å².